The highest BCUT2D eigenvalue weighted by molar-refractivity contribution is 7.99. The number of ether oxygens (including phenoxy) is 4. The number of carbonyl (C=O) groups excluding carboxylic acids is 3. The zero-order valence-electron chi connectivity index (χ0n) is 16.0. The van der Waals surface area contributed by atoms with Crippen molar-refractivity contribution in [3.8, 4) is 0 Å². The maximum absolute atomic E-state index is 11.7. The molecule has 0 aromatic heterocycles. The van der Waals surface area contributed by atoms with Crippen LogP contribution in [0.1, 0.15) is 33.3 Å². The summed E-state index contributed by atoms with van der Waals surface area (Å²) in [5.74, 6) is -1.66. The molecule has 0 spiro atoms. The summed E-state index contributed by atoms with van der Waals surface area (Å²) in [5.41, 5.74) is 0.476. The van der Waals surface area contributed by atoms with Crippen molar-refractivity contribution in [2.45, 2.75) is 69.4 Å². The smallest absolute Gasteiger partial charge is 0.303 e. The Labute approximate surface area is 162 Å². The van der Waals surface area contributed by atoms with Gasteiger partial charge >= 0.3 is 17.9 Å². The molecule has 1 aliphatic heterocycles. The summed E-state index contributed by atoms with van der Waals surface area (Å²) in [6.45, 7) is 7.47. The van der Waals surface area contributed by atoms with Crippen LogP contribution in [-0.2, 0) is 33.3 Å². The minimum absolute atomic E-state index is 0.543. The van der Waals surface area contributed by atoms with Crippen LogP contribution in [0, 0.1) is 6.92 Å². The summed E-state index contributed by atoms with van der Waals surface area (Å²) in [4.78, 5) is 35.7. The molecule has 0 radical (unpaired) electrons. The van der Waals surface area contributed by atoms with E-state index in [0.29, 0.717) is 0 Å². The molecule has 8 heteroatoms. The Bertz CT molecular complexity index is 688. The zero-order chi connectivity index (χ0) is 20.1. The van der Waals surface area contributed by atoms with Gasteiger partial charge in [-0.25, -0.2) is 0 Å². The van der Waals surface area contributed by atoms with Gasteiger partial charge in [-0.1, -0.05) is 29.5 Å². The first-order valence-corrected chi connectivity index (χ1v) is 9.45. The Hall–Kier alpha value is -2.06. The van der Waals surface area contributed by atoms with E-state index in [9.17, 15) is 14.4 Å². The fraction of sp³-hybridized carbons (Fsp3) is 0.526. The second-order valence-electron chi connectivity index (χ2n) is 6.36. The Morgan fingerprint density at radius 2 is 1.33 bits per heavy atom. The average molecular weight is 396 g/mol. The van der Waals surface area contributed by atoms with Crippen molar-refractivity contribution in [1.29, 1.82) is 0 Å². The summed E-state index contributed by atoms with van der Waals surface area (Å²) in [5, 5.41) is 0. The van der Waals surface area contributed by atoms with E-state index >= 15 is 0 Å². The van der Waals surface area contributed by atoms with Crippen molar-refractivity contribution in [2.75, 3.05) is 0 Å². The van der Waals surface area contributed by atoms with Crippen molar-refractivity contribution in [1.82, 2.24) is 0 Å². The third kappa shape index (κ3) is 5.97. The van der Waals surface area contributed by atoms with Crippen LogP contribution in [-0.4, -0.2) is 47.8 Å². The van der Waals surface area contributed by atoms with Crippen LogP contribution in [0.5, 0.6) is 0 Å². The standard InChI is InChI=1S/C19H24O7S/c1-10-6-8-15(9-7-10)27-19-18(26-14(5)22)17(25-13(4)21)16(11(2)23-19)24-12(3)20/h6-9,11,16-19H,1-5H3/t11-,16-,17+,18+,19?/m0/s1. The first-order chi connectivity index (χ1) is 12.7. The topological polar surface area (TPSA) is 88.1 Å². The van der Waals surface area contributed by atoms with E-state index in [0.717, 1.165) is 10.5 Å². The van der Waals surface area contributed by atoms with E-state index in [1.54, 1.807) is 6.92 Å². The molecule has 1 aromatic carbocycles. The normalized spacial score (nSPS) is 27.5. The van der Waals surface area contributed by atoms with Crippen LogP contribution in [0.3, 0.4) is 0 Å². The van der Waals surface area contributed by atoms with E-state index in [4.69, 9.17) is 18.9 Å². The van der Waals surface area contributed by atoms with Gasteiger partial charge in [0.25, 0.3) is 0 Å². The quantitative estimate of drug-likeness (QED) is 0.554. The number of benzene rings is 1. The summed E-state index contributed by atoms with van der Waals surface area (Å²) in [6, 6.07) is 7.77. The van der Waals surface area contributed by atoms with Crippen LogP contribution in [0.4, 0.5) is 0 Å². The molecule has 1 saturated heterocycles. The van der Waals surface area contributed by atoms with E-state index in [2.05, 4.69) is 0 Å². The van der Waals surface area contributed by atoms with Gasteiger partial charge in [0.15, 0.2) is 18.3 Å². The number of esters is 3. The molecule has 5 atom stereocenters. The largest absolute Gasteiger partial charge is 0.456 e. The fourth-order valence-corrected chi connectivity index (χ4v) is 3.95. The number of carbonyl (C=O) groups is 3. The van der Waals surface area contributed by atoms with Gasteiger partial charge in [0.1, 0.15) is 5.44 Å². The van der Waals surface area contributed by atoms with E-state index in [1.807, 2.05) is 31.2 Å². The number of hydrogen-bond donors (Lipinski definition) is 0. The first kappa shape index (κ1) is 21.2. The lowest BCUT2D eigenvalue weighted by molar-refractivity contribution is -0.229. The number of thioether (sulfide) groups is 1. The molecular formula is C19H24O7S. The second kappa shape index (κ2) is 9.23. The minimum Gasteiger partial charge on any atom is -0.456 e. The molecule has 1 heterocycles. The summed E-state index contributed by atoms with van der Waals surface area (Å²) < 4.78 is 22.1. The molecule has 148 valence electrons. The first-order valence-electron chi connectivity index (χ1n) is 8.58. The van der Waals surface area contributed by atoms with Gasteiger partial charge in [-0.2, -0.15) is 0 Å². The van der Waals surface area contributed by atoms with Crippen molar-refractivity contribution in [3.05, 3.63) is 29.8 Å². The van der Waals surface area contributed by atoms with Crippen molar-refractivity contribution in [2.24, 2.45) is 0 Å². The third-order valence-corrected chi connectivity index (χ3v) is 5.06. The number of hydrogen-bond acceptors (Lipinski definition) is 8. The maximum Gasteiger partial charge on any atom is 0.303 e. The number of rotatable bonds is 5. The SMILES string of the molecule is CC(=O)O[C@@H]1[C@@H](OC(C)=O)[C@@H](OC(C)=O)C(Sc2ccc(C)cc2)O[C@H]1C. The van der Waals surface area contributed by atoms with Crippen LogP contribution >= 0.6 is 11.8 Å². The molecular weight excluding hydrogens is 372 g/mol. The lowest BCUT2D eigenvalue weighted by atomic mass is 10.00. The van der Waals surface area contributed by atoms with Gasteiger partial charge in [-0.3, -0.25) is 14.4 Å². The van der Waals surface area contributed by atoms with Crippen molar-refractivity contribution >= 4 is 29.7 Å². The molecule has 2 rings (SSSR count). The summed E-state index contributed by atoms with van der Waals surface area (Å²) in [6.07, 6.45) is -3.35. The molecule has 1 fully saturated rings. The molecule has 1 aromatic rings. The van der Waals surface area contributed by atoms with Gasteiger partial charge in [0, 0.05) is 25.7 Å². The van der Waals surface area contributed by atoms with Gasteiger partial charge < -0.3 is 18.9 Å². The maximum atomic E-state index is 11.7. The molecule has 1 unspecified atom stereocenters. The highest BCUT2D eigenvalue weighted by Gasteiger charge is 2.50. The second-order valence-corrected chi connectivity index (χ2v) is 7.53. The average Bonchev–Trinajstić information content (AvgIpc) is 2.55. The van der Waals surface area contributed by atoms with Crippen LogP contribution in [0.25, 0.3) is 0 Å². The molecule has 0 N–H and O–H groups in total. The highest BCUT2D eigenvalue weighted by atomic mass is 32.2. The minimum atomic E-state index is -0.970. The van der Waals surface area contributed by atoms with E-state index in [-0.39, 0.29) is 0 Å². The molecule has 0 aliphatic carbocycles. The van der Waals surface area contributed by atoms with Crippen LogP contribution in [0.2, 0.25) is 0 Å². The molecule has 27 heavy (non-hydrogen) atoms. The zero-order valence-corrected chi connectivity index (χ0v) is 16.8. The summed E-state index contributed by atoms with van der Waals surface area (Å²) >= 11 is 1.35. The van der Waals surface area contributed by atoms with Gasteiger partial charge in [0.05, 0.1) is 6.10 Å². The Morgan fingerprint density at radius 3 is 1.85 bits per heavy atom. The van der Waals surface area contributed by atoms with Gasteiger partial charge in [-0.15, -0.1) is 0 Å². The molecule has 1 aliphatic rings. The highest BCUT2D eigenvalue weighted by Crippen LogP contribution is 2.37. The van der Waals surface area contributed by atoms with Gasteiger partial charge in [0.2, 0.25) is 0 Å². The number of aryl methyl sites for hydroxylation is 1. The predicted molar refractivity (Wildman–Crippen MR) is 98.0 cm³/mol. The van der Waals surface area contributed by atoms with E-state index in [1.165, 1.54) is 32.5 Å². The summed E-state index contributed by atoms with van der Waals surface area (Å²) in [7, 11) is 0. The van der Waals surface area contributed by atoms with Crippen LogP contribution < -0.4 is 0 Å². The predicted octanol–water partition coefficient (Wildman–Crippen LogP) is 2.63. The Balaban J connectivity index is 2.33. The molecule has 0 amide bonds. The molecule has 0 bridgehead atoms. The van der Waals surface area contributed by atoms with E-state index < -0.39 is 47.8 Å². The lowest BCUT2D eigenvalue weighted by Gasteiger charge is -2.43. The third-order valence-electron chi connectivity index (χ3n) is 3.91. The fourth-order valence-electron chi connectivity index (χ4n) is 2.82. The van der Waals surface area contributed by atoms with Crippen molar-refractivity contribution < 1.29 is 33.3 Å². The molecule has 0 saturated carbocycles. The molecule has 7 nitrogen and oxygen atoms in total. The monoisotopic (exact) mass is 396 g/mol. The lowest BCUT2D eigenvalue weighted by Crippen LogP contribution is -2.59. The Kier molecular flexibility index (Phi) is 7.26. The van der Waals surface area contributed by atoms with Gasteiger partial charge in [-0.05, 0) is 26.0 Å². The van der Waals surface area contributed by atoms with Crippen LogP contribution in [0.15, 0.2) is 29.2 Å². The Morgan fingerprint density at radius 1 is 0.852 bits per heavy atom. The van der Waals surface area contributed by atoms with Crippen molar-refractivity contribution in [3.63, 3.8) is 0 Å².